The number of nitrogens with zero attached hydrogens (tertiary/aromatic N) is 3. The minimum absolute atomic E-state index is 0.0169. The Balaban J connectivity index is 1.60. The number of methoxy groups -OCH3 is 1. The van der Waals surface area contributed by atoms with E-state index in [1.165, 1.54) is 11.8 Å². The number of carbonyl (C=O) groups is 2. The van der Waals surface area contributed by atoms with Crippen LogP contribution in [0.15, 0.2) is 53.2 Å². The third-order valence-electron chi connectivity index (χ3n) is 5.63. The van der Waals surface area contributed by atoms with E-state index in [4.69, 9.17) is 9.47 Å². The molecule has 34 heavy (non-hydrogen) atoms. The topological polar surface area (TPSA) is 71.4 Å². The van der Waals surface area contributed by atoms with Gasteiger partial charge >= 0.3 is 0 Å². The number of morpholine rings is 1. The average molecular weight is 480 g/mol. The van der Waals surface area contributed by atoms with Gasteiger partial charge in [-0.2, -0.15) is 0 Å². The molecule has 2 aliphatic rings. The van der Waals surface area contributed by atoms with Crippen LogP contribution >= 0.6 is 11.8 Å². The fraction of sp³-hybridized carbons (Fsp3) is 0.346. The van der Waals surface area contributed by atoms with Gasteiger partial charge in [-0.15, -0.1) is 0 Å². The molecule has 1 atom stereocenters. The number of amidine groups is 1. The summed E-state index contributed by atoms with van der Waals surface area (Å²) >= 11 is 1.29. The Bertz CT molecular complexity index is 1120. The number of thioether (sulfide) groups is 1. The largest absolute Gasteiger partial charge is 0.497 e. The smallest absolute Gasteiger partial charge is 0.283 e. The number of ether oxygens (including phenoxy) is 2. The number of rotatable bonds is 5. The molecule has 7 nitrogen and oxygen atoms in total. The highest BCUT2D eigenvalue weighted by Crippen LogP contribution is 2.31. The molecule has 0 bridgehead atoms. The molecule has 0 spiro atoms. The normalized spacial score (nSPS) is 19.5. The quantitative estimate of drug-likeness (QED) is 0.606. The zero-order valence-corrected chi connectivity index (χ0v) is 20.7. The Kier molecular flexibility index (Phi) is 7.38. The van der Waals surface area contributed by atoms with Crippen molar-refractivity contribution >= 4 is 40.5 Å². The number of amides is 2. The van der Waals surface area contributed by atoms with Crippen molar-refractivity contribution in [1.29, 1.82) is 0 Å². The van der Waals surface area contributed by atoms with Crippen molar-refractivity contribution in [3.8, 4) is 5.75 Å². The molecular formula is C26H29N3O4S. The van der Waals surface area contributed by atoms with Gasteiger partial charge in [0, 0.05) is 13.1 Å². The van der Waals surface area contributed by atoms with E-state index in [1.807, 2.05) is 62.1 Å². The van der Waals surface area contributed by atoms with Crippen LogP contribution in [-0.2, 0) is 14.3 Å². The molecule has 8 heteroatoms. The van der Waals surface area contributed by atoms with E-state index in [-0.39, 0.29) is 23.7 Å². The molecule has 0 saturated carbocycles. The van der Waals surface area contributed by atoms with E-state index in [0.29, 0.717) is 30.6 Å². The Hall–Kier alpha value is -3.10. The zero-order chi connectivity index (χ0) is 24.2. The first kappa shape index (κ1) is 24.0. The van der Waals surface area contributed by atoms with E-state index in [9.17, 15) is 9.59 Å². The summed E-state index contributed by atoms with van der Waals surface area (Å²) in [5.74, 6) is 0.752. The van der Waals surface area contributed by atoms with E-state index < -0.39 is 0 Å². The number of benzene rings is 2. The fourth-order valence-corrected chi connectivity index (χ4v) is 4.94. The second-order valence-electron chi connectivity index (χ2n) is 8.49. The molecule has 0 N–H and O–H groups in total. The molecule has 1 saturated heterocycles. The lowest BCUT2D eigenvalue weighted by Crippen LogP contribution is -2.45. The van der Waals surface area contributed by atoms with Crippen LogP contribution in [0.2, 0.25) is 0 Å². The van der Waals surface area contributed by atoms with Crippen LogP contribution in [0, 0.1) is 13.8 Å². The number of aliphatic imine (C=N–C) groups is 1. The van der Waals surface area contributed by atoms with Gasteiger partial charge < -0.3 is 14.4 Å². The molecule has 0 aromatic heterocycles. The number of aryl methyl sites for hydroxylation is 2. The van der Waals surface area contributed by atoms with Gasteiger partial charge in [0.2, 0.25) is 5.91 Å². The summed E-state index contributed by atoms with van der Waals surface area (Å²) < 4.78 is 10.8. The molecule has 2 aromatic rings. The summed E-state index contributed by atoms with van der Waals surface area (Å²) in [5, 5.41) is 0.504. The van der Waals surface area contributed by atoms with Crippen molar-refractivity contribution in [2.45, 2.75) is 26.9 Å². The van der Waals surface area contributed by atoms with Crippen LogP contribution < -0.4 is 9.64 Å². The van der Waals surface area contributed by atoms with Gasteiger partial charge in [0.15, 0.2) is 5.17 Å². The summed E-state index contributed by atoms with van der Waals surface area (Å²) in [4.78, 5) is 34.3. The lowest BCUT2D eigenvalue weighted by Gasteiger charge is -2.31. The van der Waals surface area contributed by atoms with Gasteiger partial charge in [-0.05, 0) is 67.8 Å². The Morgan fingerprint density at radius 3 is 2.56 bits per heavy atom. The molecule has 2 heterocycles. The SMILES string of the molecule is COc1ccc(/C=C2\N=C(SCC(=O)N3CCOC(C)C3)N(c3cc(C)cc(C)c3)C2=O)cc1. The summed E-state index contributed by atoms with van der Waals surface area (Å²) in [6.45, 7) is 7.66. The van der Waals surface area contributed by atoms with E-state index in [0.717, 1.165) is 28.1 Å². The number of hydrogen-bond donors (Lipinski definition) is 0. The van der Waals surface area contributed by atoms with Crippen molar-refractivity contribution in [3.05, 3.63) is 64.9 Å². The van der Waals surface area contributed by atoms with Crippen molar-refractivity contribution < 1.29 is 19.1 Å². The number of carbonyl (C=O) groups excluding carboxylic acids is 2. The lowest BCUT2D eigenvalue weighted by molar-refractivity contribution is -0.135. The first-order valence-corrected chi connectivity index (χ1v) is 12.2. The highest BCUT2D eigenvalue weighted by Gasteiger charge is 2.33. The number of hydrogen-bond acceptors (Lipinski definition) is 6. The Morgan fingerprint density at radius 2 is 1.91 bits per heavy atom. The first-order chi connectivity index (χ1) is 16.3. The molecule has 0 radical (unpaired) electrons. The molecule has 1 fully saturated rings. The van der Waals surface area contributed by atoms with Gasteiger partial charge in [0.05, 0.1) is 31.3 Å². The van der Waals surface area contributed by atoms with Crippen LogP contribution in [0.5, 0.6) is 5.75 Å². The molecule has 2 aromatic carbocycles. The van der Waals surface area contributed by atoms with Gasteiger partial charge in [0.1, 0.15) is 11.4 Å². The minimum atomic E-state index is -0.212. The standard InChI is InChI=1S/C26H29N3O4S/c1-17-11-18(2)13-21(12-17)29-25(31)23(14-20-5-7-22(32-4)8-6-20)27-26(29)34-16-24(30)28-9-10-33-19(3)15-28/h5-8,11-14,19H,9-10,15-16H2,1-4H3/b23-14-. The predicted molar refractivity (Wildman–Crippen MR) is 136 cm³/mol. The van der Waals surface area contributed by atoms with E-state index in [2.05, 4.69) is 11.1 Å². The summed E-state index contributed by atoms with van der Waals surface area (Å²) in [6, 6.07) is 13.4. The minimum Gasteiger partial charge on any atom is -0.497 e. The van der Waals surface area contributed by atoms with Crippen molar-refractivity contribution in [2.75, 3.05) is 37.5 Å². The van der Waals surface area contributed by atoms with Gasteiger partial charge in [-0.3, -0.25) is 14.5 Å². The zero-order valence-electron chi connectivity index (χ0n) is 19.9. The van der Waals surface area contributed by atoms with Gasteiger partial charge in [-0.25, -0.2) is 4.99 Å². The second-order valence-corrected chi connectivity index (χ2v) is 9.44. The fourth-order valence-electron chi connectivity index (χ4n) is 4.02. The first-order valence-electron chi connectivity index (χ1n) is 11.2. The van der Waals surface area contributed by atoms with Crippen molar-refractivity contribution in [3.63, 3.8) is 0 Å². The Morgan fingerprint density at radius 1 is 1.21 bits per heavy atom. The Labute approximate surface area is 204 Å². The predicted octanol–water partition coefficient (Wildman–Crippen LogP) is 4.04. The molecule has 2 aliphatic heterocycles. The van der Waals surface area contributed by atoms with Crippen molar-refractivity contribution in [2.24, 2.45) is 4.99 Å². The third kappa shape index (κ3) is 5.51. The van der Waals surface area contributed by atoms with Crippen LogP contribution in [0.1, 0.15) is 23.6 Å². The van der Waals surface area contributed by atoms with Crippen LogP contribution in [0.25, 0.3) is 6.08 Å². The van der Waals surface area contributed by atoms with E-state index >= 15 is 0 Å². The molecule has 178 valence electrons. The lowest BCUT2D eigenvalue weighted by atomic mass is 10.1. The second kappa shape index (κ2) is 10.4. The number of anilines is 1. The molecule has 1 unspecified atom stereocenters. The van der Waals surface area contributed by atoms with Crippen LogP contribution in [0.4, 0.5) is 5.69 Å². The van der Waals surface area contributed by atoms with Crippen molar-refractivity contribution in [1.82, 2.24) is 4.90 Å². The highest BCUT2D eigenvalue weighted by molar-refractivity contribution is 8.14. The summed E-state index contributed by atoms with van der Waals surface area (Å²) in [7, 11) is 1.61. The van der Waals surface area contributed by atoms with Crippen LogP contribution in [0.3, 0.4) is 0 Å². The maximum Gasteiger partial charge on any atom is 0.283 e. The highest BCUT2D eigenvalue weighted by atomic mass is 32.2. The molecule has 0 aliphatic carbocycles. The maximum atomic E-state index is 13.4. The molecule has 2 amide bonds. The average Bonchev–Trinajstić information content (AvgIpc) is 3.12. The van der Waals surface area contributed by atoms with Gasteiger partial charge in [0.25, 0.3) is 5.91 Å². The van der Waals surface area contributed by atoms with Gasteiger partial charge in [-0.1, -0.05) is 30.0 Å². The third-order valence-corrected chi connectivity index (χ3v) is 6.56. The summed E-state index contributed by atoms with van der Waals surface area (Å²) in [5.41, 5.74) is 4.03. The maximum absolute atomic E-state index is 13.4. The monoisotopic (exact) mass is 479 g/mol. The molecule has 4 rings (SSSR count). The van der Waals surface area contributed by atoms with E-state index in [1.54, 1.807) is 18.1 Å². The van der Waals surface area contributed by atoms with Crippen LogP contribution in [-0.4, -0.2) is 60.5 Å². The molecular weight excluding hydrogens is 450 g/mol. The summed E-state index contributed by atoms with van der Waals surface area (Å²) in [6.07, 6.45) is 1.79.